The fourth-order valence-electron chi connectivity index (χ4n) is 3.58. The Morgan fingerprint density at radius 2 is 1.40 bits per heavy atom. The van der Waals surface area contributed by atoms with E-state index in [2.05, 4.69) is 12.2 Å². The van der Waals surface area contributed by atoms with Crippen LogP contribution in [0.5, 0.6) is 0 Å². The molecule has 3 nitrogen and oxygen atoms in total. The summed E-state index contributed by atoms with van der Waals surface area (Å²) in [5, 5.41) is 0. The summed E-state index contributed by atoms with van der Waals surface area (Å²) in [5.74, 6) is 2.27. The molecule has 1 aliphatic heterocycles. The molecule has 0 aromatic carbocycles. The summed E-state index contributed by atoms with van der Waals surface area (Å²) in [4.78, 5) is 0. The molecule has 3 aliphatic carbocycles. The van der Waals surface area contributed by atoms with Crippen LogP contribution in [0.4, 0.5) is 0 Å². The Balaban J connectivity index is 1.91. The van der Waals surface area contributed by atoms with Gasteiger partial charge in [-0.15, -0.1) is 0 Å². The van der Waals surface area contributed by atoms with Gasteiger partial charge in [0.1, 0.15) is 0 Å². The molecule has 0 aromatic heterocycles. The molecule has 84 valence electrons. The molecule has 2 fully saturated rings. The maximum absolute atomic E-state index is 5.80. The first-order valence-corrected chi connectivity index (χ1v) is 5.74. The van der Waals surface area contributed by atoms with Crippen LogP contribution in [0.2, 0.25) is 0 Å². The first kappa shape index (κ1) is 9.82. The van der Waals surface area contributed by atoms with Gasteiger partial charge in [-0.05, 0) is 24.7 Å². The summed E-state index contributed by atoms with van der Waals surface area (Å²) < 4.78 is 16.7. The number of hydrogen-bond acceptors (Lipinski definition) is 3. The molecular weight excluding hydrogens is 192 g/mol. The van der Waals surface area contributed by atoms with Crippen molar-refractivity contribution in [2.75, 3.05) is 14.2 Å². The van der Waals surface area contributed by atoms with Crippen molar-refractivity contribution in [1.29, 1.82) is 0 Å². The maximum Gasteiger partial charge on any atom is 0.164 e. The third-order valence-electron chi connectivity index (χ3n) is 4.23. The summed E-state index contributed by atoms with van der Waals surface area (Å²) in [6.07, 6.45) is 7.12. The van der Waals surface area contributed by atoms with Crippen LogP contribution in [0.3, 0.4) is 0 Å². The Hall–Kier alpha value is -0.380. The molecule has 0 N–H and O–H groups in total. The number of fused-ring (bicyclic) bond motifs is 1. The zero-order valence-corrected chi connectivity index (χ0v) is 9.26. The van der Waals surface area contributed by atoms with Gasteiger partial charge >= 0.3 is 0 Å². The molecule has 2 bridgehead atoms. The molecule has 15 heavy (non-hydrogen) atoms. The van der Waals surface area contributed by atoms with Gasteiger partial charge in [0.2, 0.25) is 0 Å². The van der Waals surface area contributed by atoms with Crippen molar-refractivity contribution in [3.63, 3.8) is 0 Å². The third-order valence-corrected chi connectivity index (χ3v) is 4.23. The van der Waals surface area contributed by atoms with Gasteiger partial charge in [0.15, 0.2) is 12.6 Å². The summed E-state index contributed by atoms with van der Waals surface area (Å²) in [5.41, 5.74) is 0. The number of hydrogen-bond donors (Lipinski definition) is 0. The summed E-state index contributed by atoms with van der Waals surface area (Å²) in [6, 6.07) is 0. The minimum absolute atomic E-state index is 0.0716. The quantitative estimate of drug-likeness (QED) is 0.650. The lowest BCUT2D eigenvalue weighted by Crippen LogP contribution is -2.41. The molecule has 3 heteroatoms. The van der Waals surface area contributed by atoms with Gasteiger partial charge in [-0.1, -0.05) is 12.2 Å². The van der Waals surface area contributed by atoms with Crippen LogP contribution in [0.1, 0.15) is 12.8 Å². The predicted molar refractivity (Wildman–Crippen MR) is 55.0 cm³/mol. The first-order chi connectivity index (χ1) is 7.35. The molecule has 0 radical (unpaired) electrons. The van der Waals surface area contributed by atoms with E-state index in [0.717, 1.165) is 0 Å². The van der Waals surface area contributed by atoms with Crippen LogP contribution in [-0.2, 0) is 14.2 Å². The number of ether oxygens (including phenoxy) is 3. The fraction of sp³-hybridized carbons (Fsp3) is 0.833. The van der Waals surface area contributed by atoms with E-state index in [1.807, 2.05) is 0 Å². The molecule has 6 unspecified atom stereocenters. The van der Waals surface area contributed by atoms with E-state index in [0.29, 0.717) is 23.7 Å². The summed E-state index contributed by atoms with van der Waals surface area (Å²) in [6.45, 7) is 0. The molecule has 1 heterocycles. The number of allylic oxidation sites excluding steroid dienone is 2. The van der Waals surface area contributed by atoms with E-state index in [1.54, 1.807) is 14.2 Å². The monoisotopic (exact) mass is 210 g/mol. The molecule has 0 spiro atoms. The van der Waals surface area contributed by atoms with Crippen molar-refractivity contribution in [1.82, 2.24) is 0 Å². The average molecular weight is 210 g/mol. The molecule has 4 rings (SSSR count). The normalized spacial score (nSPS) is 52.1. The molecule has 1 saturated heterocycles. The van der Waals surface area contributed by atoms with E-state index < -0.39 is 0 Å². The highest BCUT2D eigenvalue weighted by molar-refractivity contribution is 5.12. The molecular formula is C12H18O3. The second kappa shape index (κ2) is 3.58. The van der Waals surface area contributed by atoms with Crippen molar-refractivity contribution in [2.45, 2.75) is 25.4 Å². The predicted octanol–water partition coefficient (Wildman–Crippen LogP) is 1.79. The Kier molecular flexibility index (Phi) is 2.34. The van der Waals surface area contributed by atoms with E-state index in [1.165, 1.54) is 12.8 Å². The third kappa shape index (κ3) is 1.30. The van der Waals surface area contributed by atoms with Crippen LogP contribution in [0.15, 0.2) is 12.2 Å². The van der Waals surface area contributed by atoms with Crippen molar-refractivity contribution >= 4 is 0 Å². The molecule has 0 amide bonds. The molecule has 6 atom stereocenters. The minimum atomic E-state index is -0.0716. The number of methoxy groups -OCH3 is 2. The lowest BCUT2D eigenvalue weighted by molar-refractivity contribution is -0.198. The summed E-state index contributed by atoms with van der Waals surface area (Å²) >= 11 is 0. The van der Waals surface area contributed by atoms with Crippen molar-refractivity contribution in [2.24, 2.45) is 23.7 Å². The van der Waals surface area contributed by atoms with Crippen molar-refractivity contribution in [3.05, 3.63) is 12.2 Å². The maximum atomic E-state index is 5.80. The smallest absolute Gasteiger partial charge is 0.164 e. The highest BCUT2D eigenvalue weighted by Gasteiger charge is 2.54. The van der Waals surface area contributed by atoms with Crippen LogP contribution in [0.25, 0.3) is 0 Å². The van der Waals surface area contributed by atoms with Crippen LogP contribution >= 0.6 is 0 Å². The van der Waals surface area contributed by atoms with Crippen LogP contribution in [0, 0.1) is 23.7 Å². The summed E-state index contributed by atoms with van der Waals surface area (Å²) in [7, 11) is 3.46. The SMILES string of the molecule is COC1OC(OC)C2C3C=CC(CC3)C12. The van der Waals surface area contributed by atoms with Gasteiger partial charge < -0.3 is 14.2 Å². The topological polar surface area (TPSA) is 27.7 Å². The Morgan fingerprint density at radius 3 is 1.73 bits per heavy atom. The molecule has 0 aromatic rings. The van der Waals surface area contributed by atoms with E-state index >= 15 is 0 Å². The second-order valence-electron chi connectivity index (χ2n) is 4.79. The first-order valence-electron chi connectivity index (χ1n) is 5.74. The largest absolute Gasteiger partial charge is 0.355 e. The Morgan fingerprint density at radius 1 is 0.933 bits per heavy atom. The second-order valence-corrected chi connectivity index (χ2v) is 4.79. The van der Waals surface area contributed by atoms with Gasteiger partial charge in [-0.2, -0.15) is 0 Å². The zero-order valence-electron chi connectivity index (χ0n) is 9.26. The number of rotatable bonds is 2. The zero-order chi connectivity index (χ0) is 10.4. The van der Waals surface area contributed by atoms with Crippen molar-refractivity contribution < 1.29 is 14.2 Å². The average Bonchev–Trinajstić information content (AvgIpc) is 2.71. The Labute approximate surface area is 90.4 Å². The Bertz CT molecular complexity index is 250. The van der Waals surface area contributed by atoms with E-state index in [4.69, 9.17) is 14.2 Å². The van der Waals surface area contributed by atoms with Crippen LogP contribution in [-0.4, -0.2) is 26.8 Å². The highest BCUT2D eigenvalue weighted by Crippen LogP contribution is 2.52. The molecule has 4 aliphatic rings. The van der Waals surface area contributed by atoms with Gasteiger partial charge in [-0.3, -0.25) is 0 Å². The van der Waals surface area contributed by atoms with Gasteiger partial charge in [-0.25, -0.2) is 0 Å². The fourth-order valence-corrected chi connectivity index (χ4v) is 3.58. The standard InChI is InChI=1S/C12H18O3/c1-13-11-9-7-3-5-8(6-4-7)10(9)12(14-2)15-11/h3,5,7-12H,4,6H2,1-2H3. The molecule has 1 saturated carbocycles. The van der Waals surface area contributed by atoms with E-state index in [-0.39, 0.29) is 12.6 Å². The van der Waals surface area contributed by atoms with Gasteiger partial charge in [0, 0.05) is 26.1 Å². The van der Waals surface area contributed by atoms with Crippen molar-refractivity contribution in [3.8, 4) is 0 Å². The van der Waals surface area contributed by atoms with Crippen LogP contribution < -0.4 is 0 Å². The lowest BCUT2D eigenvalue weighted by atomic mass is 9.63. The lowest BCUT2D eigenvalue weighted by Gasteiger charge is -2.42. The van der Waals surface area contributed by atoms with E-state index in [9.17, 15) is 0 Å². The highest BCUT2D eigenvalue weighted by atomic mass is 16.8. The van der Waals surface area contributed by atoms with Gasteiger partial charge in [0.05, 0.1) is 0 Å². The minimum Gasteiger partial charge on any atom is -0.355 e. The van der Waals surface area contributed by atoms with Gasteiger partial charge in [0.25, 0.3) is 0 Å².